The summed E-state index contributed by atoms with van der Waals surface area (Å²) in [6.07, 6.45) is 3.23. The van der Waals surface area contributed by atoms with Crippen LogP contribution >= 0.6 is 22.9 Å². The van der Waals surface area contributed by atoms with Crippen LogP contribution in [0.3, 0.4) is 0 Å². The minimum Gasteiger partial charge on any atom is -0.477 e. The summed E-state index contributed by atoms with van der Waals surface area (Å²) in [4.78, 5) is 20.1. The molecule has 3 rings (SSSR count). The Kier molecular flexibility index (Phi) is 3.68. The monoisotopic (exact) mass is 316 g/mol. The van der Waals surface area contributed by atoms with Crippen molar-refractivity contribution in [1.82, 2.24) is 9.97 Å². The molecule has 0 atom stereocenters. The summed E-state index contributed by atoms with van der Waals surface area (Å²) in [5.74, 6) is -1.01. The molecule has 6 heteroatoms. The van der Waals surface area contributed by atoms with Gasteiger partial charge in [0.15, 0.2) is 0 Å². The smallest absolute Gasteiger partial charge is 0.348 e. The van der Waals surface area contributed by atoms with Crippen molar-refractivity contribution in [1.29, 1.82) is 0 Å². The second kappa shape index (κ2) is 5.63. The van der Waals surface area contributed by atoms with E-state index in [4.69, 9.17) is 11.6 Å². The first-order valence-electron chi connectivity index (χ1n) is 6.06. The standard InChI is InChI=1S/C15H9ClN2O2S/c16-11-6-2-1-5-10(11)14-18-12(13(21-14)15(19)20)9-4-3-7-17-8-9/h1-8H,(H,19,20). The van der Waals surface area contributed by atoms with Gasteiger partial charge in [-0.15, -0.1) is 11.3 Å². The quantitative estimate of drug-likeness (QED) is 0.785. The average Bonchev–Trinajstić information content (AvgIpc) is 2.94. The van der Waals surface area contributed by atoms with Gasteiger partial charge in [0.1, 0.15) is 9.88 Å². The first-order chi connectivity index (χ1) is 10.2. The molecule has 21 heavy (non-hydrogen) atoms. The summed E-state index contributed by atoms with van der Waals surface area (Å²) in [7, 11) is 0. The van der Waals surface area contributed by atoms with E-state index < -0.39 is 5.97 Å². The van der Waals surface area contributed by atoms with Gasteiger partial charge in [0, 0.05) is 23.5 Å². The maximum atomic E-state index is 11.4. The maximum Gasteiger partial charge on any atom is 0.348 e. The third kappa shape index (κ3) is 2.66. The Morgan fingerprint density at radius 2 is 2.00 bits per heavy atom. The molecule has 4 nitrogen and oxygen atoms in total. The predicted molar refractivity (Wildman–Crippen MR) is 82.8 cm³/mol. The van der Waals surface area contributed by atoms with Crippen LogP contribution in [0.5, 0.6) is 0 Å². The lowest BCUT2D eigenvalue weighted by Gasteiger charge is -1.98. The molecule has 0 saturated heterocycles. The first kappa shape index (κ1) is 13.7. The summed E-state index contributed by atoms with van der Waals surface area (Å²) in [6.45, 7) is 0. The Balaban J connectivity index is 2.18. The van der Waals surface area contributed by atoms with Crippen molar-refractivity contribution in [3.8, 4) is 21.8 Å². The zero-order valence-electron chi connectivity index (χ0n) is 10.7. The third-order valence-corrected chi connectivity index (χ3v) is 4.27. The molecule has 0 bridgehead atoms. The van der Waals surface area contributed by atoms with Gasteiger partial charge in [-0.05, 0) is 18.2 Å². The van der Waals surface area contributed by atoms with E-state index in [1.807, 2.05) is 18.2 Å². The van der Waals surface area contributed by atoms with Gasteiger partial charge < -0.3 is 5.11 Å². The highest BCUT2D eigenvalue weighted by molar-refractivity contribution is 7.17. The van der Waals surface area contributed by atoms with Gasteiger partial charge in [-0.3, -0.25) is 4.98 Å². The van der Waals surface area contributed by atoms with E-state index in [1.165, 1.54) is 0 Å². The zero-order chi connectivity index (χ0) is 14.8. The fourth-order valence-electron chi connectivity index (χ4n) is 1.91. The molecule has 0 amide bonds. The molecule has 0 saturated carbocycles. The van der Waals surface area contributed by atoms with Crippen molar-refractivity contribution < 1.29 is 9.90 Å². The number of thiazole rings is 1. The number of halogens is 1. The molecule has 0 aliphatic carbocycles. The molecule has 3 aromatic rings. The average molecular weight is 317 g/mol. The summed E-state index contributed by atoms with van der Waals surface area (Å²) < 4.78 is 0. The molecule has 2 heterocycles. The van der Waals surface area contributed by atoms with E-state index in [1.54, 1.807) is 30.6 Å². The van der Waals surface area contributed by atoms with Crippen molar-refractivity contribution in [2.75, 3.05) is 0 Å². The number of benzene rings is 1. The van der Waals surface area contributed by atoms with E-state index in [0.29, 0.717) is 21.3 Å². The molecule has 0 aliphatic rings. The van der Waals surface area contributed by atoms with Crippen LogP contribution in [0.1, 0.15) is 9.67 Å². The highest BCUT2D eigenvalue weighted by atomic mass is 35.5. The van der Waals surface area contributed by atoms with E-state index >= 15 is 0 Å². The number of nitrogens with zero attached hydrogens (tertiary/aromatic N) is 2. The number of hydrogen-bond acceptors (Lipinski definition) is 4. The molecule has 2 aromatic heterocycles. The minimum atomic E-state index is -1.01. The molecule has 0 fully saturated rings. The minimum absolute atomic E-state index is 0.179. The maximum absolute atomic E-state index is 11.4. The summed E-state index contributed by atoms with van der Waals surface area (Å²) in [5, 5.41) is 10.5. The van der Waals surface area contributed by atoms with Gasteiger partial charge in [-0.25, -0.2) is 9.78 Å². The molecular formula is C15H9ClN2O2S. The fourth-order valence-corrected chi connectivity index (χ4v) is 3.16. The number of carbonyl (C=O) groups is 1. The van der Waals surface area contributed by atoms with Crippen molar-refractivity contribution in [3.05, 3.63) is 58.7 Å². The lowest BCUT2D eigenvalue weighted by molar-refractivity contribution is 0.0702. The molecule has 0 spiro atoms. The van der Waals surface area contributed by atoms with Crippen molar-refractivity contribution in [2.45, 2.75) is 0 Å². The molecule has 1 aromatic carbocycles. The van der Waals surface area contributed by atoms with Gasteiger partial charge in [-0.2, -0.15) is 0 Å². The van der Waals surface area contributed by atoms with Crippen LogP contribution in [0.25, 0.3) is 21.8 Å². The number of aromatic carboxylic acids is 1. The SMILES string of the molecule is O=C(O)c1sc(-c2ccccc2Cl)nc1-c1cccnc1. The Bertz CT molecular complexity index is 802. The van der Waals surface area contributed by atoms with Gasteiger partial charge in [0.25, 0.3) is 0 Å². The molecule has 104 valence electrons. The summed E-state index contributed by atoms with van der Waals surface area (Å²) in [6, 6.07) is 10.8. The van der Waals surface area contributed by atoms with Gasteiger partial charge in [0.05, 0.1) is 10.7 Å². The van der Waals surface area contributed by atoms with Crippen LogP contribution < -0.4 is 0 Å². The van der Waals surface area contributed by atoms with Gasteiger partial charge >= 0.3 is 5.97 Å². The Morgan fingerprint density at radius 1 is 1.19 bits per heavy atom. The number of carboxylic acid groups (broad SMARTS) is 1. The van der Waals surface area contributed by atoms with E-state index in [0.717, 1.165) is 16.9 Å². The number of carboxylic acids is 1. The van der Waals surface area contributed by atoms with E-state index in [9.17, 15) is 9.90 Å². The van der Waals surface area contributed by atoms with Crippen LogP contribution in [0.15, 0.2) is 48.8 Å². The Morgan fingerprint density at radius 3 is 2.67 bits per heavy atom. The van der Waals surface area contributed by atoms with Crippen LogP contribution in [0, 0.1) is 0 Å². The molecule has 1 N–H and O–H groups in total. The summed E-state index contributed by atoms with van der Waals surface area (Å²) in [5.41, 5.74) is 1.81. The largest absolute Gasteiger partial charge is 0.477 e. The number of pyridine rings is 1. The first-order valence-corrected chi connectivity index (χ1v) is 7.25. The molecule has 0 radical (unpaired) electrons. The molecule has 0 aliphatic heterocycles. The zero-order valence-corrected chi connectivity index (χ0v) is 12.2. The van der Waals surface area contributed by atoms with Crippen molar-refractivity contribution in [2.24, 2.45) is 0 Å². The highest BCUT2D eigenvalue weighted by Crippen LogP contribution is 2.36. The van der Waals surface area contributed by atoms with E-state index in [-0.39, 0.29) is 4.88 Å². The lowest BCUT2D eigenvalue weighted by Crippen LogP contribution is -1.95. The second-order valence-electron chi connectivity index (χ2n) is 4.22. The number of rotatable bonds is 3. The van der Waals surface area contributed by atoms with Gasteiger partial charge in [0.2, 0.25) is 0 Å². The number of hydrogen-bond donors (Lipinski definition) is 1. The van der Waals surface area contributed by atoms with Gasteiger partial charge in [-0.1, -0.05) is 29.8 Å². The third-order valence-electron chi connectivity index (χ3n) is 2.86. The van der Waals surface area contributed by atoms with Crippen LogP contribution in [0.4, 0.5) is 0 Å². The Labute approximate surface area is 129 Å². The Hall–Kier alpha value is -2.24. The van der Waals surface area contributed by atoms with Crippen LogP contribution in [-0.4, -0.2) is 21.0 Å². The summed E-state index contributed by atoms with van der Waals surface area (Å²) >= 11 is 7.26. The molecular weight excluding hydrogens is 308 g/mol. The van der Waals surface area contributed by atoms with Crippen LogP contribution in [-0.2, 0) is 0 Å². The second-order valence-corrected chi connectivity index (χ2v) is 5.63. The fraction of sp³-hybridized carbons (Fsp3) is 0. The predicted octanol–water partition coefficient (Wildman–Crippen LogP) is 4.22. The lowest BCUT2D eigenvalue weighted by atomic mass is 10.2. The van der Waals surface area contributed by atoms with Crippen molar-refractivity contribution in [3.63, 3.8) is 0 Å². The highest BCUT2D eigenvalue weighted by Gasteiger charge is 2.20. The normalized spacial score (nSPS) is 10.5. The van der Waals surface area contributed by atoms with E-state index in [2.05, 4.69) is 9.97 Å². The molecule has 0 unspecified atom stereocenters. The van der Waals surface area contributed by atoms with Crippen LogP contribution in [0.2, 0.25) is 5.02 Å². The topological polar surface area (TPSA) is 63.1 Å². The van der Waals surface area contributed by atoms with Crippen molar-refractivity contribution >= 4 is 28.9 Å². The number of aromatic nitrogens is 2.